The number of hydrogen-bond donors (Lipinski definition) is 2. The molecule has 0 aliphatic heterocycles. The highest BCUT2D eigenvalue weighted by molar-refractivity contribution is 9.10. The van der Waals surface area contributed by atoms with Crippen LogP contribution in [0.5, 0.6) is 0 Å². The minimum atomic E-state index is -4.45. The number of nitrogen functional groups attached to an aromatic ring is 1. The van der Waals surface area contributed by atoms with Gasteiger partial charge in [-0.25, -0.2) is 4.98 Å². The van der Waals surface area contributed by atoms with E-state index in [1.165, 1.54) is 6.07 Å². The molecule has 0 spiro atoms. The predicted molar refractivity (Wildman–Crippen MR) is 78.6 cm³/mol. The van der Waals surface area contributed by atoms with E-state index in [9.17, 15) is 13.2 Å². The molecule has 0 amide bonds. The summed E-state index contributed by atoms with van der Waals surface area (Å²) in [5, 5.41) is 0. The van der Waals surface area contributed by atoms with Crippen LogP contribution in [0.15, 0.2) is 40.9 Å². The average Bonchev–Trinajstić information content (AvgIpc) is 2.80. The van der Waals surface area contributed by atoms with Crippen molar-refractivity contribution < 1.29 is 13.2 Å². The van der Waals surface area contributed by atoms with Crippen LogP contribution in [0, 0.1) is 0 Å². The third-order valence-corrected chi connectivity index (χ3v) is 3.49. The largest absolute Gasteiger partial charge is 0.416 e. The summed E-state index contributed by atoms with van der Waals surface area (Å²) in [6.07, 6.45) is -4.45. The molecule has 3 nitrogen and oxygen atoms in total. The van der Waals surface area contributed by atoms with Crippen molar-refractivity contribution in [2.45, 2.75) is 6.18 Å². The number of imidazole rings is 1. The van der Waals surface area contributed by atoms with E-state index >= 15 is 0 Å². The number of rotatable bonds is 1. The van der Waals surface area contributed by atoms with Crippen LogP contribution in [0.25, 0.3) is 22.4 Å². The Morgan fingerprint density at radius 3 is 2.57 bits per heavy atom. The van der Waals surface area contributed by atoms with Gasteiger partial charge in [-0.2, -0.15) is 13.2 Å². The van der Waals surface area contributed by atoms with Gasteiger partial charge in [-0.15, -0.1) is 0 Å². The van der Waals surface area contributed by atoms with Gasteiger partial charge in [-0.3, -0.25) is 0 Å². The molecule has 0 aliphatic rings. The molecule has 108 valence electrons. The summed E-state index contributed by atoms with van der Waals surface area (Å²) >= 11 is 3.33. The van der Waals surface area contributed by atoms with E-state index in [1.54, 1.807) is 6.07 Å². The zero-order chi connectivity index (χ0) is 15.2. The van der Waals surface area contributed by atoms with Crippen LogP contribution in [-0.4, -0.2) is 9.97 Å². The minimum absolute atomic E-state index is 0.0430. The van der Waals surface area contributed by atoms with Gasteiger partial charge in [-0.05, 0) is 36.4 Å². The lowest BCUT2D eigenvalue weighted by atomic mass is 10.1. The van der Waals surface area contributed by atoms with Gasteiger partial charge >= 0.3 is 6.18 Å². The monoisotopic (exact) mass is 355 g/mol. The third-order valence-electron chi connectivity index (χ3n) is 3.00. The number of aromatic nitrogens is 2. The van der Waals surface area contributed by atoms with Gasteiger partial charge in [0.2, 0.25) is 0 Å². The van der Waals surface area contributed by atoms with Crippen molar-refractivity contribution in [3.8, 4) is 11.4 Å². The van der Waals surface area contributed by atoms with Gasteiger partial charge in [-0.1, -0.05) is 15.9 Å². The van der Waals surface area contributed by atoms with E-state index in [-0.39, 0.29) is 5.69 Å². The number of H-pyrrole nitrogens is 1. The number of nitrogens with zero attached hydrogens (tertiary/aromatic N) is 1. The van der Waals surface area contributed by atoms with Crippen molar-refractivity contribution in [2.75, 3.05) is 5.73 Å². The van der Waals surface area contributed by atoms with Crippen LogP contribution in [0.4, 0.5) is 18.9 Å². The normalized spacial score (nSPS) is 12.0. The smallest absolute Gasteiger partial charge is 0.399 e. The second kappa shape index (κ2) is 4.77. The van der Waals surface area contributed by atoms with Crippen LogP contribution >= 0.6 is 15.9 Å². The van der Waals surface area contributed by atoms with Crippen LogP contribution in [-0.2, 0) is 6.18 Å². The van der Waals surface area contributed by atoms with E-state index in [0.717, 1.165) is 22.1 Å². The van der Waals surface area contributed by atoms with Gasteiger partial charge in [0.1, 0.15) is 5.82 Å². The number of nitrogens with one attached hydrogen (secondary N) is 1. The summed E-state index contributed by atoms with van der Waals surface area (Å²) in [6.45, 7) is 0. The van der Waals surface area contributed by atoms with Crippen LogP contribution in [0.3, 0.4) is 0 Å². The molecule has 0 saturated heterocycles. The van der Waals surface area contributed by atoms with Crippen molar-refractivity contribution >= 4 is 32.7 Å². The molecule has 0 bridgehead atoms. The minimum Gasteiger partial charge on any atom is -0.399 e. The Morgan fingerprint density at radius 2 is 1.86 bits per heavy atom. The van der Waals surface area contributed by atoms with Crippen LogP contribution in [0.1, 0.15) is 5.56 Å². The second-order valence-corrected chi connectivity index (χ2v) is 5.50. The zero-order valence-corrected chi connectivity index (χ0v) is 12.1. The molecule has 3 N–H and O–H groups in total. The van der Waals surface area contributed by atoms with Crippen molar-refractivity contribution in [2.24, 2.45) is 0 Å². The molecule has 0 fully saturated rings. The highest BCUT2D eigenvalue weighted by Crippen LogP contribution is 2.34. The van der Waals surface area contributed by atoms with Gasteiger partial charge in [0.25, 0.3) is 0 Å². The molecule has 0 atom stereocenters. The molecular formula is C14H9BrF3N3. The van der Waals surface area contributed by atoms with Crippen LogP contribution < -0.4 is 5.73 Å². The second-order valence-electron chi connectivity index (χ2n) is 4.59. The first-order valence-electron chi connectivity index (χ1n) is 5.96. The lowest BCUT2D eigenvalue weighted by Gasteiger charge is -2.09. The summed E-state index contributed by atoms with van der Waals surface area (Å²) in [5.74, 6) is 0.348. The van der Waals surface area contributed by atoms with Crippen molar-refractivity contribution in [1.29, 1.82) is 0 Å². The SMILES string of the molecule is Nc1cc(-c2nc3ccc(Br)cc3[nH]2)cc(C(F)(F)F)c1. The number of fused-ring (bicyclic) bond motifs is 1. The lowest BCUT2D eigenvalue weighted by molar-refractivity contribution is -0.137. The number of halogens is 4. The standard InChI is InChI=1S/C14H9BrF3N3/c15-9-1-2-11-12(6-9)21-13(20-11)7-3-8(14(16,17)18)5-10(19)4-7/h1-6H,19H2,(H,20,21). The molecule has 2 aromatic carbocycles. The molecule has 1 heterocycles. The molecule has 0 radical (unpaired) electrons. The molecule has 3 aromatic rings. The number of anilines is 1. The number of benzene rings is 2. The maximum absolute atomic E-state index is 12.8. The summed E-state index contributed by atoms with van der Waals surface area (Å²) in [7, 11) is 0. The average molecular weight is 356 g/mol. The fourth-order valence-corrected chi connectivity index (χ4v) is 2.43. The zero-order valence-electron chi connectivity index (χ0n) is 10.5. The van der Waals surface area contributed by atoms with Crippen molar-refractivity contribution in [1.82, 2.24) is 9.97 Å². The Hall–Kier alpha value is -2.02. The quantitative estimate of drug-likeness (QED) is 0.627. The first-order valence-corrected chi connectivity index (χ1v) is 6.75. The Bertz CT molecular complexity index is 824. The number of aromatic amines is 1. The van der Waals surface area contributed by atoms with Gasteiger partial charge in [0.15, 0.2) is 0 Å². The van der Waals surface area contributed by atoms with E-state index < -0.39 is 11.7 Å². The third kappa shape index (κ3) is 2.73. The Morgan fingerprint density at radius 1 is 1.10 bits per heavy atom. The van der Waals surface area contributed by atoms with E-state index in [2.05, 4.69) is 25.9 Å². The number of nitrogens with two attached hydrogens (primary N) is 1. The molecule has 7 heteroatoms. The van der Waals surface area contributed by atoms with Crippen molar-refractivity contribution in [3.05, 3.63) is 46.4 Å². The highest BCUT2D eigenvalue weighted by Gasteiger charge is 2.31. The fourth-order valence-electron chi connectivity index (χ4n) is 2.07. The molecule has 0 unspecified atom stereocenters. The summed E-state index contributed by atoms with van der Waals surface area (Å²) in [6, 6.07) is 8.79. The maximum Gasteiger partial charge on any atom is 0.416 e. The number of alkyl halides is 3. The molecule has 0 saturated carbocycles. The first-order chi connectivity index (χ1) is 9.83. The Labute approximate surface area is 126 Å². The maximum atomic E-state index is 12.8. The lowest BCUT2D eigenvalue weighted by Crippen LogP contribution is -2.06. The molecule has 1 aromatic heterocycles. The van der Waals surface area contributed by atoms with Crippen molar-refractivity contribution in [3.63, 3.8) is 0 Å². The first kappa shape index (κ1) is 13.9. The topological polar surface area (TPSA) is 54.7 Å². The highest BCUT2D eigenvalue weighted by atomic mass is 79.9. The number of hydrogen-bond acceptors (Lipinski definition) is 2. The van der Waals surface area contributed by atoms with E-state index in [4.69, 9.17) is 5.73 Å². The predicted octanol–water partition coefficient (Wildman–Crippen LogP) is 4.59. The summed E-state index contributed by atoms with van der Waals surface area (Å²) in [4.78, 5) is 7.28. The Balaban J connectivity index is 2.16. The van der Waals surface area contributed by atoms with E-state index in [1.807, 2.05) is 12.1 Å². The molecule has 21 heavy (non-hydrogen) atoms. The fraction of sp³-hybridized carbons (Fsp3) is 0.0714. The van der Waals surface area contributed by atoms with E-state index in [0.29, 0.717) is 16.9 Å². The van der Waals surface area contributed by atoms with Crippen LogP contribution in [0.2, 0.25) is 0 Å². The molecule has 3 rings (SSSR count). The van der Waals surface area contributed by atoms with Gasteiger partial charge < -0.3 is 10.7 Å². The van der Waals surface area contributed by atoms with Gasteiger partial charge in [0.05, 0.1) is 16.6 Å². The Kier molecular flexibility index (Phi) is 3.16. The van der Waals surface area contributed by atoms with Gasteiger partial charge in [0, 0.05) is 15.7 Å². The molecular weight excluding hydrogens is 347 g/mol. The summed E-state index contributed by atoms with van der Waals surface area (Å²) < 4.78 is 39.3. The summed E-state index contributed by atoms with van der Waals surface area (Å²) in [5.41, 5.74) is 6.52. The molecule has 0 aliphatic carbocycles.